The number of carbonyl (C=O) groups excluding carboxylic acids is 1. The van der Waals surface area contributed by atoms with Gasteiger partial charge in [-0.05, 0) is 46.5 Å². The first-order chi connectivity index (χ1) is 9.16. The van der Waals surface area contributed by atoms with Crippen molar-refractivity contribution in [1.29, 1.82) is 0 Å². The van der Waals surface area contributed by atoms with E-state index in [4.69, 9.17) is 0 Å². The van der Waals surface area contributed by atoms with Gasteiger partial charge in [-0.1, -0.05) is 36.4 Å². The average Bonchev–Trinajstić information content (AvgIpc) is 2.43. The monoisotopic (exact) mass is 320 g/mol. The van der Waals surface area contributed by atoms with E-state index in [-0.39, 0.29) is 5.78 Å². The van der Waals surface area contributed by atoms with Crippen LogP contribution in [0.1, 0.15) is 28.8 Å². The number of aryl methyl sites for hydroxylation is 1. The highest BCUT2D eigenvalue weighted by molar-refractivity contribution is 9.10. The highest BCUT2D eigenvalue weighted by Gasteiger charge is 2.08. The molecule has 0 atom stereocenters. The molecule has 0 radical (unpaired) electrons. The van der Waals surface area contributed by atoms with Crippen LogP contribution >= 0.6 is 15.9 Å². The van der Waals surface area contributed by atoms with Gasteiger partial charge in [-0.15, -0.1) is 0 Å². The Balaban J connectivity index is 1.89. The molecule has 1 nitrogen and oxygen atoms in total. The molecule has 3 heteroatoms. The van der Waals surface area contributed by atoms with Crippen molar-refractivity contribution in [3.05, 3.63) is 69.9 Å². The van der Waals surface area contributed by atoms with Gasteiger partial charge in [0.2, 0.25) is 0 Å². The Kier molecular flexibility index (Phi) is 4.86. The molecule has 0 spiro atoms. The molecule has 0 aromatic heterocycles. The van der Waals surface area contributed by atoms with Crippen LogP contribution in [0, 0.1) is 5.82 Å². The van der Waals surface area contributed by atoms with Gasteiger partial charge in [0, 0.05) is 12.0 Å². The largest absolute Gasteiger partial charge is 0.294 e. The molecule has 0 amide bonds. The summed E-state index contributed by atoms with van der Waals surface area (Å²) >= 11 is 3.08. The maximum absolute atomic E-state index is 13.3. The van der Waals surface area contributed by atoms with Crippen molar-refractivity contribution in [2.24, 2.45) is 0 Å². The van der Waals surface area contributed by atoms with E-state index < -0.39 is 5.82 Å². The quantitative estimate of drug-likeness (QED) is 0.723. The summed E-state index contributed by atoms with van der Waals surface area (Å²) in [6.45, 7) is 0. The van der Waals surface area contributed by atoms with E-state index in [1.165, 1.54) is 11.6 Å². The minimum Gasteiger partial charge on any atom is -0.294 e. The lowest BCUT2D eigenvalue weighted by atomic mass is 10.0. The van der Waals surface area contributed by atoms with Gasteiger partial charge in [-0.3, -0.25) is 4.79 Å². The van der Waals surface area contributed by atoms with Crippen molar-refractivity contribution in [3.8, 4) is 0 Å². The number of rotatable bonds is 5. The minimum absolute atomic E-state index is 0.0117. The fraction of sp³-hybridized carbons (Fsp3) is 0.188. The SMILES string of the molecule is O=C(CCCc1ccccc1)c1ccc(Br)c(F)c1. The second-order valence-electron chi connectivity index (χ2n) is 4.39. The van der Waals surface area contributed by atoms with Gasteiger partial charge in [0.1, 0.15) is 5.82 Å². The summed E-state index contributed by atoms with van der Waals surface area (Å²) in [5, 5.41) is 0. The van der Waals surface area contributed by atoms with Crippen LogP contribution in [0.4, 0.5) is 4.39 Å². The van der Waals surface area contributed by atoms with Gasteiger partial charge in [0.25, 0.3) is 0 Å². The Labute approximate surface area is 120 Å². The molecule has 2 aromatic rings. The van der Waals surface area contributed by atoms with E-state index in [2.05, 4.69) is 15.9 Å². The number of halogens is 2. The number of benzene rings is 2. The molecule has 0 heterocycles. The summed E-state index contributed by atoms with van der Waals surface area (Å²) in [6.07, 6.45) is 2.09. The lowest BCUT2D eigenvalue weighted by Crippen LogP contribution is -2.00. The zero-order chi connectivity index (χ0) is 13.7. The molecule has 0 saturated carbocycles. The summed E-state index contributed by atoms with van der Waals surface area (Å²) in [4.78, 5) is 11.9. The second-order valence-corrected chi connectivity index (χ2v) is 5.25. The lowest BCUT2D eigenvalue weighted by Gasteiger charge is -2.03. The van der Waals surface area contributed by atoms with Crippen LogP contribution in [0.25, 0.3) is 0 Å². The summed E-state index contributed by atoms with van der Waals surface area (Å²) in [6, 6.07) is 14.5. The van der Waals surface area contributed by atoms with Crippen LogP contribution in [0.5, 0.6) is 0 Å². The Morgan fingerprint density at radius 1 is 1.11 bits per heavy atom. The molecular weight excluding hydrogens is 307 g/mol. The third kappa shape index (κ3) is 4.00. The molecule has 0 aliphatic carbocycles. The normalized spacial score (nSPS) is 10.4. The van der Waals surface area contributed by atoms with Crippen LogP contribution in [-0.4, -0.2) is 5.78 Å². The van der Waals surface area contributed by atoms with Gasteiger partial charge in [0.05, 0.1) is 4.47 Å². The van der Waals surface area contributed by atoms with Crippen molar-refractivity contribution in [1.82, 2.24) is 0 Å². The smallest absolute Gasteiger partial charge is 0.162 e. The fourth-order valence-electron chi connectivity index (χ4n) is 1.91. The first-order valence-corrected chi connectivity index (χ1v) is 6.98. The van der Waals surface area contributed by atoms with Gasteiger partial charge in [-0.25, -0.2) is 4.39 Å². The van der Waals surface area contributed by atoms with E-state index in [0.29, 0.717) is 16.5 Å². The van der Waals surface area contributed by atoms with Gasteiger partial charge < -0.3 is 0 Å². The third-order valence-corrected chi connectivity index (χ3v) is 3.60. The Bertz CT molecular complexity index is 566. The van der Waals surface area contributed by atoms with Crippen molar-refractivity contribution in [3.63, 3.8) is 0 Å². The number of hydrogen-bond acceptors (Lipinski definition) is 1. The minimum atomic E-state index is -0.395. The molecule has 0 aliphatic rings. The maximum Gasteiger partial charge on any atom is 0.162 e. The van der Waals surface area contributed by atoms with E-state index >= 15 is 0 Å². The average molecular weight is 321 g/mol. The summed E-state index contributed by atoms with van der Waals surface area (Å²) in [5.41, 5.74) is 1.66. The molecule has 2 aromatic carbocycles. The standard InChI is InChI=1S/C16H14BrFO/c17-14-10-9-13(11-15(14)18)16(19)8-4-7-12-5-2-1-3-6-12/h1-3,5-6,9-11H,4,7-8H2. The number of Topliss-reactive ketones (excluding diaryl/α,β-unsaturated/α-hetero) is 1. The molecule has 0 N–H and O–H groups in total. The van der Waals surface area contributed by atoms with E-state index in [1.54, 1.807) is 12.1 Å². The molecule has 19 heavy (non-hydrogen) atoms. The maximum atomic E-state index is 13.3. The summed E-state index contributed by atoms with van der Waals surface area (Å²) in [5.74, 6) is -0.406. The van der Waals surface area contributed by atoms with E-state index in [1.807, 2.05) is 30.3 Å². The van der Waals surface area contributed by atoms with Gasteiger partial charge in [-0.2, -0.15) is 0 Å². The molecule has 0 bridgehead atoms. The van der Waals surface area contributed by atoms with Crippen LogP contribution < -0.4 is 0 Å². The van der Waals surface area contributed by atoms with Crippen molar-refractivity contribution in [2.45, 2.75) is 19.3 Å². The molecule has 2 rings (SSSR count). The topological polar surface area (TPSA) is 17.1 Å². The zero-order valence-electron chi connectivity index (χ0n) is 10.4. The van der Waals surface area contributed by atoms with E-state index in [9.17, 15) is 9.18 Å². The number of ketones is 1. The van der Waals surface area contributed by atoms with Crippen LogP contribution in [-0.2, 0) is 6.42 Å². The Hall–Kier alpha value is -1.48. The summed E-state index contributed by atoms with van der Waals surface area (Å²) < 4.78 is 13.7. The van der Waals surface area contributed by atoms with Crippen LogP contribution in [0.3, 0.4) is 0 Å². The first-order valence-electron chi connectivity index (χ1n) is 6.19. The lowest BCUT2D eigenvalue weighted by molar-refractivity contribution is 0.0979. The Morgan fingerprint density at radius 2 is 1.84 bits per heavy atom. The van der Waals surface area contributed by atoms with Gasteiger partial charge >= 0.3 is 0 Å². The summed E-state index contributed by atoms with van der Waals surface area (Å²) in [7, 11) is 0. The molecule has 0 aliphatic heterocycles. The second kappa shape index (κ2) is 6.62. The highest BCUT2D eigenvalue weighted by Crippen LogP contribution is 2.18. The Morgan fingerprint density at radius 3 is 2.53 bits per heavy atom. The molecule has 0 saturated heterocycles. The van der Waals surface area contributed by atoms with Crippen molar-refractivity contribution in [2.75, 3.05) is 0 Å². The van der Waals surface area contributed by atoms with Gasteiger partial charge in [0.15, 0.2) is 5.78 Å². The highest BCUT2D eigenvalue weighted by atomic mass is 79.9. The molecule has 0 fully saturated rings. The van der Waals surface area contributed by atoms with Crippen molar-refractivity contribution < 1.29 is 9.18 Å². The fourth-order valence-corrected chi connectivity index (χ4v) is 2.16. The van der Waals surface area contributed by atoms with Crippen molar-refractivity contribution >= 4 is 21.7 Å². The first kappa shape index (κ1) is 13.9. The zero-order valence-corrected chi connectivity index (χ0v) is 12.0. The predicted octanol–water partition coefficient (Wildman–Crippen LogP) is 4.79. The third-order valence-electron chi connectivity index (χ3n) is 2.95. The van der Waals surface area contributed by atoms with Crippen LogP contribution in [0.15, 0.2) is 53.0 Å². The van der Waals surface area contributed by atoms with E-state index in [0.717, 1.165) is 12.8 Å². The van der Waals surface area contributed by atoms with Crippen LogP contribution in [0.2, 0.25) is 0 Å². The number of hydrogen-bond donors (Lipinski definition) is 0. The molecular formula is C16H14BrFO. The molecule has 98 valence electrons. The number of carbonyl (C=O) groups is 1. The molecule has 0 unspecified atom stereocenters. The predicted molar refractivity (Wildman–Crippen MR) is 77.8 cm³/mol.